The van der Waals surface area contributed by atoms with Crippen LogP contribution >= 0.6 is 0 Å². The lowest BCUT2D eigenvalue weighted by atomic mass is 9.83. The van der Waals surface area contributed by atoms with Gasteiger partial charge in [0, 0.05) is 12.1 Å². The summed E-state index contributed by atoms with van der Waals surface area (Å²) in [6, 6.07) is 5.17. The molecule has 1 heterocycles. The molecule has 0 bridgehead atoms. The minimum atomic E-state index is -0.256. The molecule has 1 aliphatic rings. The zero-order valence-corrected chi connectivity index (χ0v) is 12.0. The maximum absolute atomic E-state index is 13.3. The van der Waals surface area contributed by atoms with E-state index in [-0.39, 0.29) is 5.82 Å². The molecule has 1 aromatic heterocycles. The van der Waals surface area contributed by atoms with Crippen molar-refractivity contribution in [3.05, 3.63) is 24.0 Å². The summed E-state index contributed by atoms with van der Waals surface area (Å²) in [6.07, 6.45) is 7.43. The van der Waals surface area contributed by atoms with Crippen LogP contribution in [0.15, 0.2) is 18.2 Å². The van der Waals surface area contributed by atoms with Crippen LogP contribution in [0.25, 0.3) is 11.0 Å². The highest BCUT2D eigenvalue weighted by atomic mass is 19.1. The minimum Gasteiger partial charge on any atom is -0.369 e. The van der Waals surface area contributed by atoms with E-state index in [1.54, 1.807) is 6.07 Å². The van der Waals surface area contributed by atoms with Crippen LogP contribution in [0.3, 0.4) is 0 Å². The van der Waals surface area contributed by atoms with Gasteiger partial charge in [-0.1, -0.05) is 19.8 Å². The summed E-state index contributed by atoms with van der Waals surface area (Å²) in [5.41, 5.74) is 7.68. The van der Waals surface area contributed by atoms with Gasteiger partial charge in [0.15, 0.2) is 0 Å². The van der Waals surface area contributed by atoms with Gasteiger partial charge in [0.05, 0.1) is 11.0 Å². The van der Waals surface area contributed by atoms with Gasteiger partial charge in [-0.05, 0) is 43.7 Å². The van der Waals surface area contributed by atoms with Crippen molar-refractivity contribution >= 4 is 17.0 Å². The maximum Gasteiger partial charge on any atom is 0.201 e. The van der Waals surface area contributed by atoms with E-state index in [0.29, 0.717) is 17.5 Å². The number of nitrogen functional groups attached to an aromatic ring is 1. The molecule has 108 valence electrons. The van der Waals surface area contributed by atoms with E-state index in [4.69, 9.17) is 5.73 Å². The van der Waals surface area contributed by atoms with E-state index >= 15 is 0 Å². The Bertz CT molecular complexity index is 597. The molecule has 3 nitrogen and oxygen atoms in total. The highest BCUT2D eigenvalue weighted by molar-refractivity contribution is 5.78. The smallest absolute Gasteiger partial charge is 0.201 e. The first-order valence-corrected chi connectivity index (χ1v) is 7.62. The fourth-order valence-electron chi connectivity index (χ4n) is 3.57. The molecule has 1 aliphatic carbocycles. The van der Waals surface area contributed by atoms with E-state index in [0.717, 1.165) is 24.3 Å². The Balaban J connectivity index is 1.86. The molecule has 0 amide bonds. The van der Waals surface area contributed by atoms with Crippen molar-refractivity contribution in [3.63, 3.8) is 0 Å². The monoisotopic (exact) mass is 275 g/mol. The predicted molar refractivity (Wildman–Crippen MR) is 80.0 cm³/mol. The van der Waals surface area contributed by atoms with Crippen LogP contribution < -0.4 is 5.73 Å². The molecule has 1 saturated carbocycles. The Labute approximate surface area is 119 Å². The van der Waals surface area contributed by atoms with Crippen LogP contribution in [0.1, 0.15) is 51.5 Å². The predicted octanol–water partition coefficient (Wildman–Crippen LogP) is 4.29. The molecule has 20 heavy (non-hydrogen) atoms. The maximum atomic E-state index is 13.3. The van der Waals surface area contributed by atoms with Crippen LogP contribution in [-0.4, -0.2) is 9.55 Å². The summed E-state index contributed by atoms with van der Waals surface area (Å²) < 4.78 is 15.4. The van der Waals surface area contributed by atoms with E-state index in [2.05, 4.69) is 16.5 Å². The number of rotatable bonds is 3. The van der Waals surface area contributed by atoms with E-state index in [1.165, 1.54) is 37.8 Å². The number of anilines is 1. The fourth-order valence-corrected chi connectivity index (χ4v) is 3.57. The highest BCUT2D eigenvalue weighted by Gasteiger charge is 2.24. The van der Waals surface area contributed by atoms with Crippen LogP contribution in [-0.2, 0) is 0 Å². The zero-order chi connectivity index (χ0) is 14.1. The van der Waals surface area contributed by atoms with Gasteiger partial charge >= 0.3 is 0 Å². The fraction of sp³-hybridized carbons (Fsp3) is 0.562. The lowest BCUT2D eigenvalue weighted by molar-refractivity contribution is 0.267. The topological polar surface area (TPSA) is 43.8 Å². The normalized spacial score (nSPS) is 23.3. The molecule has 4 heteroatoms. The number of hydrogen-bond donors (Lipinski definition) is 1. The summed E-state index contributed by atoms with van der Waals surface area (Å²) in [7, 11) is 0. The summed E-state index contributed by atoms with van der Waals surface area (Å²) >= 11 is 0. The summed E-state index contributed by atoms with van der Waals surface area (Å²) in [5.74, 6) is 1.13. The Morgan fingerprint density at radius 1 is 1.30 bits per heavy atom. The molecule has 1 fully saturated rings. The van der Waals surface area contributed by atoms with Crippen molar-refractivity contribution in [2.24, 2.45) is 5.92 Å². The van der Waals surface area contributed by atoms with Crippen molar-refractivity contribution in [1.82, 2.24) is 9.55 Å². The number of fused-ring (bicyclic) bond motifs is 1. The number of nitrogens with zero attached hydrogens (tertiary/aromatic N) is 2. The number of nitrogens with two attached hydrogens (primary N) is 1. The summed E-state index contributed by atoms with van der Waals surface area (Å²) in [6.45, 7) is 2.25. The van der Waals surface area contributed by atoms with Gasteiger partial charge in [-0.25, -0.2) is 9.37 Å². The largest absolute Gasteiger partial charge is 0.369 e. The quantitative estimate of drug-likeness (QED) is 0.908. The molecule has 0 saturated heterocycles. The third-order valence-corrected chi connectivity index (χ3v) is 4.56. The first kappa shape index (κ1) is 13.4. The SMILES string of the molecule is CCCC1CCC(n2c(N)nc3cc(F)ccc32)CC1. The van der Waals surface area contributed by atoms with Crippen LogP contribution in [0.2, 0.25) is 0 Å². The Hall–Kier alpha value is -1.58. The van der Waals surface area contributed by atoms with Gasteiger partial charge in [0.2, 0.25) is 5.95 Å². The first-order valence-electron chi connectivity index (χ1n) is 7.62. The molecule has 0 spiro atoms. The standard InChI is InChI=1S/C16H22FN3/c1-2-3-11-4-7-13(8-5-11)20-15-9-6-12(17)10-14(15)19-16(20)18/h6,9-11,13H,2-5,7-8H2,1H3,(H2,18,19). The molecule has 0 aliphatic heterocycles. The number of aromatic nitrogens is 2. The van der Waals surface area contributed by atoms with E-state index in [1.807, 2.05) is 0 Å². The van der Waals surface area contributed by atoms with Gasteiger partial charge in [0.1, 0.15) is 5.82 Å². The van der Waals surface area contributed by atoms with Crippen molar-refractivity contribution in [2.75, 3.05) is 5.73 Å². The van der Waals surface area contributed by atoms with Crippen molar-refractivity contribution in [2.45, 2.75) is 51.5 Å². The van der Waals surface area contributed by atoms with Crippen molar-refractivity contribution in [1.29, 1.82) is 0 Å². The molecule has 0 unspecified atom stereocenters. The average Bonchev–Trinajstić information content (AvgIpc) is 2.75. The number of halogens is 1. The molecule has 0 radical (unpaired) electrons. The van der Waals surface area contributed by atoms with E-state index in [9.17, 15) is 4.39 Å². The molecule has 2 N–H and O–H groups in total. The second-order valence-electron chi connectivity index (χ2n) is 5.94. The summed E-state index contributed by atoms with van der Waals surface area (Å²) in [4.78, 5) is 4.31. The second-order valence-corrected chi connectivity index (χ2v) is 5.94. The third kappa shape index (κ3) is 2.39. The molecule has 1 aromatic carbocycles. The third-order valence-electron chi connectivity index (χ3n) is 4.56. The number of hydrogen-bond acceptors (Lipinski definition) is 2. The van der Waals surface area contributed by atoms with Crippen LogP contribution in [0, 0.1) is 11.7 Å². The number of imidazole rings is 1. The summed E-state index contributed by atoms with van der Waals surface area (Å²) in [5, 5.41) is 0. The first-order chi connectivity index (χ1) is 9.69. The minimum absolute atomic E-state index is 0.256. The zero-order valence-electron chi connectivity index (χ0n) is 12.0. The van der Waals surface area contributed by atoms with Gasteiger partial charge in [0.25, 0.3) is 0 Å². The second kappa shape index (κ2) is 5.43. The molecular weight excluding hydrogens is 253 g/mol. The van der Waals surface area contributed by atoms with Gasteiger partial charge in [-0.2, -0.15) is 0 Å². The highest BCUT2D eigenvalue weighted by Crippen LogP contribution is 2.37. The average molecular weight is 275 g/mol. The van der Waals surface area contributed by atoms with Gasteiger partial charge in [-0.15, -0.1) is 0 Å². The lowest BCUT2D eigenvalue weighted by Crippen LogP contribution is -2.19. The van der Waals surface area contributed by atoms with Gasteiger partial charge in [-0.3, -0.25) is 0 Å². The van der Waals surface area contributed by atoms with E-state index < -0.39 is 0 Å². The molecular formula is C16H22FN3. The molecule has 3 rings (SSSR count). The Morgan fingerprint density at radius 3 is 2.75 bits per heavy atom. The lowest BCUT2D eigenvalue weighted by Gasteiger charge is -2.30. The van der Waals surface area contributed by atoms with Crippen LogP contribution in [0.5, 0.6) is 0 Å². The number of benzene rings is 1. The Morgan fingerprint density at radius 2 is 2.05 bits per heavy atom. The van der Waals surface area contributed by atoms with Crippen LogP contribution in [0.4, 0.5) is 10.3 Å². The van der Waals surface area contributed by atoms with Crippen molar-refractivity contribution < 1.29 is 4.39 Å². The Kier molecular flexibility index (Phi) is 3.64. The molecule has 2 aromatic rings. The van der Waals surface area contributed by atoms with Crippen molar-refractivity contribution in [3.8, 4) is 0 Å². The molecule has 0 atom stereocenters. The van der Waals surface area contributed by atoms with Gasteiger partial charge < -0.3 is 10.3 Å².